The molecule has 0 amide bonds. The summed E-state index contributed by atoms with van der Waals surface area (Å²) < 4.78 is 39.6. The Balaban J connectivity index is 0.000000291. The number of rotatable bonds is 4. The summed E-state index contributed by atoms with van der Waals surface area (Å²) in [6, 6.07) is 37.4. The third-order valence-corrected chi connectivity index (χ3v) is 8.47. The van der Waals surface area contributed by atoms with Crippen LogP contribution in [0.15, 0.2) is 108 Å². The predicted molar refractivity (Wildman–Crippen MR) is 183 cm³/mol. The van der Waals surface area contributed by atoms with Gasteiger partial charge in [0.2, 0.25) is 5.71 Å². The van der Waals surface area contributed by atoms with Gasteiger partial charge in [-0.15, -0.1) is 54.1 Å². The second-order valence-electron chi connectivity index (χ2n) is 12.2. The van der Waals surface area contributed by atoms with E-state index >= 15 is 0 Å². The quantitative estimate of drug-likeness (QED) is 0.165. The van der Waals surface area contributed by atoms with Gasteiger partial charge in [-0.3, -0.25) is 4.98 Å². The summed E-state index contributed by atoms with van der Waals surface area (Å²) in [6.45, 7) is 1.83. The number of furan rings is 1. The Kier molecular flexibility index (Phi) is 8.22. The van der Waals surface area contributed by atoms with Crippen molar-refractivity contribution in [2.75, 3.05) is 0 Å². The van der Waals surface area contributed by atoms with Gasteiger partial charge in [-0.2, -0.15) is 10.2 Å². The van der Waals surface area contributed by atoms with E-state index < -0.39 is 12.7 Å². The molecule has 47 heavy (non-hydrogen) atoms. The molecule has 0 bridgehead atoms. The molecule has 7 heteroatoms. The Hall–Kier alpha value is -4.58. The summed E-state index contributed by atoms with van der Waals surface area (Å²) in [4.78, 5) is 13.7. The Labute approximate surface area is 294 Å². The number of hydrogen-bond acceptors (Lipinski definition) is 6. The number of aromatic nitrogens is 5. The van der Waals surface area contributed by atoms with Crippen molar-refractivity contribution in [2.24, 2.45) is 5.41 Å². The van der Waals surface area contributed by atoms with Crippen LogP contribution < -0.4 is 0 Å². The molecule has 1 saturated carbocycles. The summed E-state index contributed by atoms with van der Waals surface area (Å²) in [5.41, 5.74) is 5.29. The Morgan fingerprint density at radius 3 is 2.36 bits per heavy atom. The molecule has 0 spiro atoms. The van der Waals surface area contributed by atoms with Gasteiger partial charge in [-0.1, -0.05) is 67.3 Å². The summed E-state index contributed by atoms with van der Waals surface area (Å²) >= 11 is 0. The molecule has 0 aliphatic heterocycles. The third-order valence-electron chi connectivity index (χ3n) is 8.47. The minimum Gasteiger partial charge on any atom is -0.486 e. The van der Waals surface area contributed by atoms with Gasteiger partial charge in [0.15, 0.2) is 0 Å². The molecule has 0 unspecified atom stereocenters. The minimum absolute atomic E-state index is 0. The fourth-order valence-corrected chi connectivity index (χ4v) is 5.78. The van der Waals surface area contributed by atoms with Crippen molar-refractivity contribution < 1.29 is 30.0 Å². The first-order valence-electron chi connectivity index (χ1n) is 17.4. The Bertz CT molecular complexity index is 2220. The van der Waals surface area contributed by atoms with E-state index in [9.17, 15) is 1.37 Å². The van der Waals surface area contributed by atoms with Crippen LogP contribution in [-0.2, 0) is 20.1 Å². The SMILES string of the molecule is [2H]C([2H])([2H])c1nnc(-c2[c-]ccc3c2oc2nc(-c4ccccc4)ccc23)nc1C1([2H])CCC(C)(C)CC1.[Ir].[c-]1ccccc1-c1ccccn1. The molecule has 1 aliphatic rings. The first kappa shape index (κ1) is 27.5. The summed E-state index contributed by atoms with van der Waals surface area (Å²) in [7, 11) is 0. The van der Waals surface area contributed by atoms with E-state index in [1.165, 1.54) is 0 Å². The first-order valence-corrected chi connectivity index (χ1v) is 15.4. The molecular weight excluding hydrogens is 759 g/mol. The van der Waals surface area contributed by atoms with Crippen molar-refractivity contribution in [1.29, 1.82) is 0 Å². The number of aryl methyl sites for hydroxylation is 1. The van der Waals surface area contributed by atoms with Crippen LogP contribution in [0.2, 0.25) is 0 Å². The molecule has 1 radical (unpaired) electrons. The smallest absolute Gasteiger partial charge is 0.216 e. The normalized spacial score (nSPS) is 16.5. The van der Waals surface area contributed by atoms with Gasteiger partial charge in [0.25, 0.3) is 0 Å². The van der Waals surface area contributed by atoms with E-state index in [1.54, 1.807) is 12.3 Å². The molecule has 8 rings (SSSR count). The number of fused-ring (bicyclic) bond motifs is 3. The van der Waals surface area contributed by atoms with Gasteiger partial charge < -0.3 is 9.40 Å². The number of benzene rings is 3. The third kappa shape index (κ3) is 7.07. The van der Waals surface area contributed by atoms with Gasteiger partial charge in [0.05, 0.1) is 22.7 Å². The van der Waals surface area contributed by atoms with Gasteiger partial charge in [0, 0.05) is 48.6 Å². The average molecular weight is 798 g/mol. The van der Waals surface area contributed by atoms with E-state index in [1.807, 2.05) is 91.0 Å². The van der Waals surface area contributed by atoms with Crippen LogP contribution in [0.3, 0.4) is 0 Å². The van der Waals surface area contributed by atoms with Gasteiger partial charge in [-0.05, 0) is 61.8 Å². The molecular formula is C40H35IrN5O-2. The maximum Gasteiger partial charge on any atom is 0.216 e. The molecule has 7 aromatic rings. The molecule has 0 saturated heterocycles. The van der Waals surface area contributed by atoms with Crippen molar-refractivity contribution >= 4 is 22.1 Å². The number of hydrogen-bond donors (Lipinski definition) is 0. The van der Waals surface area contributed by atoms with E-state index in [2.05, 4.69) is 41.2 Å². The maximum atomic E-state index is 9.25. The van der Waals surface area contributed by atoms with Crippen molar-refractivity contribution in [2.45, 2.75) is 52.3 Å². The Morgan fingerprint density at radius 2 is 1.62 bits per heavy atom. The molecule has 237 valence electrons. The fourth-order valence-electron chi connectivity index (χ4n) is 5.78. The van der Waals surface area contributed by atoms with Crippen molar-refractivity contribution in [3.8, 4) is 33.9 Å². The first-order chi connectivity index (χ1) is 24.0. The molecule has 0 atom stereocenters. The number of pyridine rings is 2. The van der Waals surface area contributed by atoms with Crippen LogP contribution in [-0.4, -0.2) is 25.1 Å². The van der Waals surface area contributed by atoms with Crippen LogP contribution in [0, 0.1) is 24.4 Å². The fraction of sp³-hybridized carbons (Fsp3) is 0.225. The number of nitrogens with zero attached hydrogens (tertiary/aromatic N) is 5. The second-order valence-corrected chi connectivity index (χ2v) is 12.2. The maximum absolute atomic E-state index is 9.25. The van der Waals surface area contributed by atoms with Crippen LogP contribution in [0.1, 0.15) is 62.3 Å². The van der Waals surface area contributed by atoms with Crippen LogP contribution >= 0.6 is 0 Å². The molecule has 1 fully saturated rings. The van der Waals surface area contributed by atoms with Crippen LogP contribution in [0.5, 0.6) is 0 Å². The van der Waals surface area contributed by atoms with Gasteiger partial charge in [0.1, 0.15) is 5.82 Å². The molecule has 4 heterocycles. The largest absolute Gasteiger partial charge is 0.486 e. The van der Waals surface area contributed by atoms with Gasteiger partial charge >= 0.3 is 0 Å². The zero-order valence-corrected chi connectivity index (χ0v) is 28.5. The summed E-state index contributed by atoms with van der Waals surface area (Å²) in [5.74, 6) is -0.963. The van der Waals surface area contributed by atoms with E-state index in [4.69, 9.17) is 18.5 Å². The van der Waals surface area contributed by atoms with Crippen molar-refractivity contribution in [3.63, 3.8) is 0 Å². The monoisotopic (exact) mass is 798 g/mol. The standard InChI is InChI=1S/C29H27N4O.C11H8N.Ir/c1-18-25(20-14-16-29(2,3)17-15-20)31-27(33-32-18)23-11-7-10-21-22-12-13-24(19-8-5-4-6-9-19)30-28(22)34-26(21)23;1-2-6-10(7-3-1)11-8-4-5-9-12-11;/h4-10,12-13,20H,14-17H2,1-3H3;1-6,8-9H;/q2*-1;/i1D3,20D;;. The summed E-state index contributed by atoms with van der Waals surface area (Å²) in [5, 5.41) is 9.99. The minimum atomic E-state index is -2.53. The predicted octanol–water partition coefficient (Wildman–Crippen LogP) is 9.84. The molecule has 4 aromatic heterocycles. The topological polar surface area (TPSA) is 77.6 Å². The Morgan fingerprint density at radius 1 is 0.809 bits per heavy atom. The average Bonchev–Trinajstić information content (AvgIpc) is 3.52. The molecule has 0 N–H and O–H groups in total. The molecule has 1 aliphatic carbocycles. The van der Waals surface area contributed by atoms with Crippen LogP contribution in [0.4, 0.5) is 0 Å². The summed E-state index contributed by atoms with van der Waals surface area (Å²) in [6.07, 6.45) is 4.40. The van der Waals surface area contributed by atoms with E-state index in [0.717, 1.165) is 46.1 Å². The zero-order chi connectivity index (χ0) is 34.9. The van der Waals surface area contributed by atoms with Crippen LogP contribution in [0.25, 0.3) is 56.0 Å². The zero-order valence-electron chi connectivity index (χ0n) is 30.1. The van der Waals surface area contributed by atoms with E-state index in [0.29, 0.717) is 29.7 Å². The van der Waals surface area contributed by atoms with Crippen molar-refractivity contribution in [3.05, 3.63) is 127 Å². The van der Waals surface area contributed by atoms with Crippen molar-refractivity contribution in [1.82, 2.24) is 25.1 Å². The molecule has 6 nitrogen and oxygen atoms in total. The van der Waals surface area contributed by atoms with Gasteiger partial charge in [-0.25, -0.2) is 4.98 Å². The second kappa shape index (κ2) is 14.0. The molecule has 3 aromatic carbocycles. The van der Waals surface area contributed by atoms with E-state index in [-0.39, 0.29) is 42.7 Å².